The first-order valence-electron chi connectivity index (χ1n) is 7.41. The van der Waals surface area contributed by atoms with Gasteiger partial charge in [-0.3, -0.25) is 4.79 Å². The summed E-state index contributed by atoms with van der Waals surface area (Å²) >= 11 is 1.59. The fraction of sp³-hybridized carbons (Fsp3) is 0.571. The van der Waals surface area contributed by atoms with Crippen LogP contribution in [0, 0.1) is 0 Å². The Labute approximate surface area is 144 Å². The molecule has 0 spiro atoms. The molecule has 1 aromatic rings. The van der Waals surface area contributed by atoms with Crippen molar-refractivity contribution < 1.29 is 27.5 Å². The molecule has 2 N–H and O–H groups in total. The molecule has 1 amide bonds. The zero-order chi connectivity index (χ0) is 17.9. The van der Waals surface area contributed by atoms with Gasteiger partial charge in [0.2, 0.25) is 16.8 Å². The van der Waals surface area contributed by atoms with Crippen LogP contribution in [0.2, 0.25) is 0 Å². The highest BCUT2D eigenvalue weighted by molar-refractivity contribution is 7.98. The quantitative estimate of drug-likeness (QED) is 0.729. The Morgan fingerprint density at radius 1 is 1.50 bits per heavy atom. The average molecular weight is 376 g/mol. The van der Waals surface area contributed by atoms with Crippen molar-refractivity contribution in [1.29, 1.82) is 0 Å². The number of aromatic carboxylic acids is 1. The minimum absolute atomic E-state index is 0.0696. The molecule has 2 atom stereocenters. The molecule has 2 unspecified atom stereocenters. The van der Waals surface area contributed by atoms with Crippen LogP contribution in [0.15, 0.2) is 21.6 Å². The Kier molecular flexibility index (Phi) is 5.94. The molecular weight excluding hydrogens is 356 g/mol. The monoisotopic (exact) mass is 376 g/mol. The van der Waals surface area contributed by atoms with Crippen LogP contribution >= 0.6 is 11.8 Å². The SMILES string of the molecule is CSCC(C)NC(=O)C1CCCN1S(=O)(=O)c1ccc(C(=O)O)o1. The van der Waals surface area contributed by atoms with Gasteiger partial charge < -0.3 is 14.8 Å². The zero-order valence-corrected chi connectivity index (χ0v) is 15.0. The van der Waals surface area contributed by atoms with E-state index in [1.54, 1.807) is 11.8 Å². The van der Waals surface area contributed by atoms with Crippen LogP contribution in [0.5, 0.6) is 0 Å². The number of carbonyl (C=O) groups is 2. The van der Waals surface area contributed by atoms with Gasteiger partial charge in [-0.1, -0.05) is 0 Å². The van der Waals surface area contributed by atoms with E-state index in [1.807, 2.05) is 13.2 Å². The van der Waals surface area contributed by atoms with Crippen molar-refractivity contribution in [2.24, 2.45) is 0 Å². The highest BCUT2D eigenvalue weighted by Gasteiger charge is 2.41. The van der Waals surface area contributed by atoms with Crippen LogP contribution in [0.25, 0.3) is 0 Å². The van der Waals surface area contributed by atoms with Crippen LogP contribution in [-0.2, 0) is 14.8 Å². The van der Waals surface area contributed by atoms with E-state index in [9.17, 15) is 18.0 Å². The molecule has 0 aromatic carbocycles. The number of sulfonamides is 1. The summed E-state index contributed by atoms with van der Waals surface area (Å²) in [6.45, 7) is 2.05. The molecule has 8 nitrogen and oxygen atoms in total. The van der Waals surface area contributed by atoms with Crippen molar-refractivity contribution in [3.8, 4) is 0 Å². The molecule has 134 valence electrons. The van der Waals surface area contributed by atoms with Crippen LogP contribution < -0.4 is 5.32 Å². The second-order valence-corrected chi connectivity index (χ2v) is 8.29. The van der Waals surface area contributed by atoms with Gasteiger partial charge in [-0.15, -0.1) is 0 Å². The lowest BCUT2D eigenvalue weighted by Crippen LogP contribution is -2.48. The highest BCUT2D eigenvalue weighted by atomic mass is 32.2. The van der Waals surface area contributed by atoms with Crippen molar-refractivity contribution in [3.63, 3.8) is 0 Å². The molecular formula is C14H20N2O6S2. The lowest BCUT2D eigenvalue weighted by molar-refractivity contribution is -0.124. The molecule has 0 bridgehead atoms. The molecule has 0 radical (unpaired) electrons. The number of hydrogen-bond acceptors (Lipinski definition) is 6. The third-order valence-corrected chi connectivity index (χ3v) is 6.28. The van der Waals surface area contributed by atoms with Gasteiger partial charge in [-0.2, -0.15) is 16.1 Å². The molecule has 2 rings (SSSR count). The number of nitrogens with zero attached hydrogens (tertiary/aromatic N) is 1. The van der Waals surface area contributed by atoms with Crippen molar-refractivity contribution in [3.05, 3.63) is 17.9 Å². The highest BCUT2D eigenvalue weighted by Crippen LogP contribution is 2.27. The Balaban J connectivity index is 2.18. The summed E-state index contributed by atoms with van der Waals surface area (Å²) in [6, 6.07) is 1.31. The van der Waals surface area contributed by atoms with Crippen LogP contribution in [0.1, 0.15) is 30.3 Å². The zero-order valence-electron chi connectivity index (χ0n) is 13.4. The fourth-order valence-electron chi connectivity index (χ4n) is 2.61. The number of furan rings is 1. The molecule has 1 saturated heterocycles. The van der Waals surface area contributed by atoms with Gasteiger partial charge in [0.05, 0.1) is 0 Å². The summed E-state index contributed by atoms with van der Waals surface area (Å²) in [5.74, 6) is -1.42. The number of carboxylic acid groups (broad SMARTS) is 1. The van der Waals surface area contributed by atoms with Gasteiger partial charge >= 0.3 is 5.97 Å². The first kappa shape index (κ1) is 18.8. The molecule has 24 heavy (non-hydrogen) atoms. The van der Waals surface area contributed by atoms with Gasteiger partial charge in [-0.25, -0.2) is 13.2 Å². The number of rotatable bonds is 7. The Morgan fingerprint density at radius 3 is 2.79 bits per heavy atom. The Hall–Kier alpha value is -1.52. The van der Waals surface area contributed by atoms with E-state index < -0.39 is 32.9 Å². The standard InChI is InChI=1S/C14H20N2O6S2/c1-9(8-23-2)15-13(17)10-4-3-7-16(10)24(20,21)12-6-5-11(22-12)14(18)19/h5-6,9-10H,3-4,7-8H2,1-2H3,(H,15,17)(H,18,19). The van der Waals surface area contributed by atoms with E-state index in [0.29, 0.717) is 12.8 Å². The summed E-state index contributed by atoms with van der Waals surface area (Å²) in [6.07, 6.45) is 2.90. The molecule has 1 fully saturated rings. The lowest BCUT2D eigenvalue weighted by atomic mass is 10.2. The van der Waals surface area contributed by atoms with E-state index in [4.69, 9.17) is 9.52 Å². The predicted molar refractivity (Wildman–Crippen MR) is 88.6 cm³/mol. The van der Waals surface area contributed by atoms with Gasteiger partial charge in [-0.05, 0) is 38.2 Å². The number of amides is 1. The second kappa shape index (κ2) is 7.58. The largest absolute Gasteiger partial charge is 0.475 e. The summed E-state index contributed by atoms with van der Waals surface area (Å²) in [4.78, 5) is 23.2. The average Bonchev–Trinajstić information content (AvgIpc) is 3.17. The normalized spacial score (nSPS) is 20.0. The van der Waals surface area contributed by atoms with Gasteiger partial charge in [0, 0.05) is 18.3 Å². The van der Waals surface area contributed by atoms with E-state index >= 15 is 0 Å². The minimum atomic E-state index is -4.06. The third kappa shape index (κ3) is 3.93. The maximum Gasteiger partial charge on any atom is 0.371 e. The number of nitrogens with one attached hydrogen (secondary N) is 1. The lowest BCUT2D eigenvalue weighted by Gasteiger charge is -2.23. The van der Waals surface area contributed by atoms with E-state index in [0.717, 1.165) is 22.2 Å². The van der Waals surface area contributed by atoms with Gasteiger partial charge in [0.15, 0.2) is 0 Å². The number of carboxylic acids is 1. The van der Waals surface area contributed by atoms with E-state index in [2.05, 4.69) is 5.32 Å². The maximum absolute atomic E-state index is 12.7. The summed E-state index contributed by atoms with van der Waals surface area (Å²) in [5, 5.41) is 11.2. The van der Waals surface area contributed by atoms with E-state index in [1.165, 1.54) is 0 Å². The topological polar surface area (TPSA) is 117 Å². The molecule has 0 aliphatic carbocycles. The van der Waals surface area contributed by atoms with Crippen molar-refractivity contribution in [2.45, 2.75) is 36.9 Å². The van der Waals surface area contributed by atoms with E-state index in [-0.39, 0.29) is 18.5 Å². The Morgan fingerprint density at radius 2 is 2.21 bits per heavy atom. The minimum Gasteiger partial charge on any atom is -0.475 e. The molecule has 1 aliphatic rings. The molecule has 0 saturated carbocycles. The van der Waals surface area contributed by atoms with Crippen molar-refractivity contribution >= 4 is 33.7 Å². The first-order chi connectivity index (χ1) is 11.3. The molecule has 1 aliphatic heterocycles. The second-order valence-electron chi connectivity index (χ2n) is 5.56. The summed E-state index contributed by atoms with van der Waals surface area (Å²) in [5.41, 5.74) is 0. The molecule has 10 heteroatoms. The predicted octanol–water partition coefficient (Wildman–Crippen LogP) is 0.999. The fourth-order valence-corrected chi connectivity index (χ4v) is 4.77. The van der Waals surface area contributed by atoms with Crippen molar-refractivity contribution in [1.82, 2.24) is 9.62 Å². The van der Waals surface area contributed by atoms with Gasteiger partial charge in [0.25, 0.3) is 10.0 Å². The third-order valence-electron chi connectivity index (χ3n) is 3.67. The smallest absolute Gasteiger partial charge is 0.371 e. The Bertz CT molecular complexity index is 715. The number of carbonyl (C=O) groups excluding carboxylic acids is 1. The first-order valence-corrected chi connectivity index (χ1v) is 10.2. The van der Waals surface area contributed by atoms with Crippen molar-refractivity contribution in [2.75, 3.05) is 18.6 Å². The van der Waals surface area contributed by atoms with Gasteiger partial charge in [0.1, 0.15) is 6.04 Å². The summed E-state index contributed by atoms with van der Waals surface area (Å²) < 4.78 is 31.3. The number of hydrogen-bond donors (Lipinski definition) is 2. The van der Waals surface area contributed by atoms with Crippen LogP contribution in [0.3, 0.4) is 0 Å². The molecule has 2 heterocycles. The number of thioether (sulfide) groups is 1. The van der Waals surface area contributed by atoms with Crippen LogP contribution in [-0.4, -0.2) is 60.3 Å². The summed E-state index contributed by atoms with van der Waals surface area (Å²) in [7, 11) is -4.06. The van der Waals surface area contributed by atoms with Crippen LogP contribution in [0.4, 0.5) is 0 Å². The maximum atomic E-state index is 12.7. The molecule has 1 aromatic heterocycles.